The molecule has 0 radical (unpaired) electrons. The van der Waals surface area contributed by atoms with Crippen molar-refractivity contribution in [1.82, 2.24) is 15.1 Å². The van der Waals surface area contributed by atoms with Gasteiger partial charge in [0.2, 0.25) is 0 Å². The highest BCUT2D eigenvalue weighted by molar-refractivity contribution is 5.00. The molecule has 3 nitrogen and oxygen atoms in total. The van der Waals surface area contributed by atoms with E-state index in [1.54, 1.807) is 0 Å². The Labute approximate surface area is 112 Å². The number of nitrogens with one attached hydrogen (secondary N) is 1. The third kappa shape index (κ3) is 5.21. The highest BCUT2D eigenvalue weighted by atomic mass is 15.3. The largest absolute Gasteiger partial charge is 0.312 e. The lowest BCUT2D eigenvalue weighted by molar-refractivity contribution is 0.415. The van der Waals surface area contributed by atoms with E-state index in [0.29, 0.717) is 6.04 Å². The van der Waals surface area contributed by atoms with Crippen LogP contribution in [0.15, 0.2) is 12.3 Å². The molecule has 0 unspecified atom stereocenters. The molecule has 1 N–H and O–H groups in total. The van der Waals surface area contributed by atoms with Crippen LogP contribution in [0.2, 0.25) is 0 Å². The molecule has 0 bridgehead atoms. The normalized spacial score (nSPS) is 12.3. The molecule has 0 aliphatic heterocycles. The van der Waals surface area contributed by atoms with Crippen LogP contribution in [0.4, 0.5) is 0 Å². The van der Waals surface area contributed by atoms with Crippen molar-refractivity contribution in [2.24, 2.45) is 0 Å². The van der Waals surface area contributed by atoms with Gasteiger partial charge < -0.3 is 5.32 Å². The van der Waals surface area contributed by atoms with E-state index >= 15 is 0 Å². The van der Waals surface area contributed by atoms with E-state index in [0.717, 1.165) is 32.2 Å². The zero-order valence-electron chi connectivity index (χ0n) is 12.7. The SMILES string of the molecule is CCC(CC)n1ccc(CCCNC(C)(C)C)n1. The van der Waals surface area contributed by atoms with Crippen LogP contribution in [0, 0.1) is 0 Å². The number of aryl methyl sites for hydroxylation is 1. The lowest BCUT2D eigenvalue weighted by atomic mass is 10.1. The van der Waals surface area contributed by atoms with Crippen molar-refractivity contribution in [1.29, 1.82) is 0 Å². The minimum absolute atomic E-state index is 0.217. The van der Waals surface area contributed by atoms with Crippen LogP contribution in [-0.2, 0) is 6.42 Å². The zero-order valence-corrected chi connectivity index (χ0v) is 12.7. The smallest absolute Gasteiger partial charge is 0.0625 e. The summed E-state index contributed by atoms with van der Waals surface area (Å²) in [5, 5.41) is 8.18. The van der Waals surface area contributed by atoms with E-state index < -0.39 is 0 Å². The second kappa shape index (κ2) is 6.93. The number of rotatable bonds is 7. The molecule has 0 spiro atoms. The topological polar surface area (TPSA) is 29.9 Å². The van der Waals surface area contributed by atoms with Crippen molar-refractivity contribution in [2.45, 2.75) is 71.9 Å². The monoisotopic (exact) mass is 251 g/mol. The van der Waals surface area contributed by atoms with Crippen molar-refractivity contribution in [3.63, 3.8) is 0 Å². The average molecular weight is 251 g/mol. The first-order valence-corrected chi connectivity index (χ1v) is 7.25. The third-order valence-electron chi connectivity index (χ3n) is 3.25. The Bertz CT molecular complexity index is 332. The standard InChI is InChI=1S/C15H29N3/c1-6-14(7-2)18-12-10-13(17-18)9-8-11-16-15(3,4)5/h10,12,14,16H,6-9,11H2,1-5H3. The molecule has 0 saturated heterocycles. The van der Waals surface area contributed by atoms with E-state index in [-0.39, 0.29) is 5.54 Å². The summed E-state index contributed by atoms with van der Waals surface area (Å²) in [6, 6.07) is 2.72. The minimum Gasteiger partial charge on any atom is -0.312 e. The van der Waals surface area contributed by atoms with Gasteiger partial charge in [-0.2, -0.15) is 5.10 Å². The molecule has 0 amide bonds. The van der Waals surface area contributed by atoms with Gasteiger partial charge in [0, 0.05) is 11.7 Å². The second-order valence-corrected chi connectivity index (χ2v) is 6.04. The number of nitrogens with zero attached hydrogens (tertiary/aromatic N) is 2. The van der Waals surface area contributed by atoms with E-state index in [2.05, 4.69) is 62.0 Å². The molecule has 1 rings (SSSR count). The maximum absolute atomic E-state index is 4.68. The Morgan fingerprint density at radius 1 is 1.28 bits per heavy atom. The Morgan fingerprint density at radius 3 is 2.50 bits per heavy atom. The van der Waals surface area contributed by atoms with Gasteiger partial charge in [-0.25, -0.2) is 0 Å². The number of aromatic nitrogens is 2. The molecule has 18 heavy (non-hydrogen) atoms. The molecule has 1 aromatic heterocycles. The van der Waals surface area contributed by atoms with Crippen LogP contribution in [0.5, 0.6) is 0 Å². The first-order valence-electron chi connectivity index (χ1n) is 7.25. The van der Waals surface area contributed by atoms with Gasteiger partial charge in [0.15, 0.2) is 0 Å². The van der Waals surface area contributed by atoms with Crippen LogP contribution in [0.1, 0.15) is 65.6 Å². The van der Waals surface area contributed by atoms with E-state index in [1.807, 2.05) is 0 Å². The molecule has 0 atom stereocenters. The molecule has 3 heteroatoms. The van der Waals surface area contributed by atoms with Gasteiger partial charge >= 0.3 is 0 Å². The summed E-state index contributed by atoms with van der Waals surface area (Å²) in [5.41, 5.74) is 1.44. The zero-order chi connectivity index (χ0) is 13.6. The summed E-state index contributed by atoms with van der Waals surface area (Å²) in [6.07, 6.45) is 6.66. The maximum Gasteiger partial charge on any atom is 0.0625 e. The highest BCUT2D eigenvalue weighted by Crippen LogP contribution is 2.14. The molecule has 104 valence electrons. The van der Waals surface area contributed by atoms with Crippen molar-refractivity contribution in [2.75, 3.05) is 6.54 Å². The molecule has 0 aliphatic carbocycles. The molecular formula is C15H29N3. The quantitative estimate of drug-likeness (QED) is 0.751. The van der Waals surface area contributed by atoms with Gasteiger partial charge in [-0.15, -0.1) is 0 Å². The van der Waals surface area contributed by atoms with Crippen LogP contribution < -0.4 is 5.32 Å². The first-order chi connectivity index (χ1) is 8.46. The van der Waals surface area contributed by atoms with Crippen LogP contribution in [0.25, 0.3) is 0 Å². The molecular weight excluding hydrogens is 222 g/mol. The Kier molecular flexibility index (Phi) is 5.86. The van der Waals surface area contributed by atoms with Crippen LogP contribution in [0.3, 0.4) is 0 Å². The Hall–Kier alpha value is -0.830. The van der Waals surface area contributed by atoms with Crippen molar-refractivity contribution in [3.05, 3.63) is 18.0 Å². The predicted octanol–water partition coefficient (Wildman–Crippen LogP) is 3.56. The maximum atomic E-state index is 4.68. The highest BCUT2D eigenvalue weighted by Gasteiger charge is 2.09. The molecule has 1 heterocycles. The van der Waals surface area contributed by atoms with Gasteiger partial charge in [0.1, 0.15) is 0 Å². The van der Waals surface area contributed by atoms with Crippen LogP contribution >= 0.6 is 0 Å². The van der Waals surface area contributed by atoms with Crippen molar-refractivity contribution in [3.8, 4) is 0 Å². The van der Waals surface area contributed by atoms with Gasteiger partial charge in [-0.05, 0) is 59.1 Å². The molecule has 0 aromatic carbocycles. The molecule has 0 fully saturated rings. The third-order valence-corrected chi connectivity index (χ3v) is 3.25. The van der Waals surface area contributed by atoms with Gasteiger partial charge in [-0.3, -0.25) is 4.68 Å². The first kappa shape index (κ1) is 15.2. The summed E-state index contributed by atoms with van der Waals surface area (Å²) >= 11 is 0. The van der Waals surface area contributed by atoms with Crippen molar-refractivity contribution < 1.29 is 0 Å². The summed E-state index contributed by atoms with van der Waals surface area (Å²) in [4.78, 5) is 0. The number of hydrogen-bond donors (Lipinski definition) is 1. The Balaban J connectivity index is 2.35. The van der Waals surface area contributed by atoms with E-state index in [1.165, 1.54) is 5.69 Å². The summed E-state index contributed by atoms with van der Waals surface area (Å²) in [7, 11) is 0. The summed E-state index contributed by atoms with van der Waals surface area (Å²) in [6.45, 7) is 12.1. The lowest BCUT2D eigenvalue weighted by Gasteiger charge is -2.20. The van der Waals surface area contributed by atoms with Crippen LogP contribution in [-0.4, -0.2) is 21.9 Å². The molecule has 1 aromatic rings. The fraction of sp³-hybridized carbons (Fsp3) is 0.800. The van der Waals surface area contributed by atoms with E-state index in [4.69, 9.17) is 0 Å². The fourth-order valence-corrected chi connectivity index (χ4v) is 2.11. The predicted molar refractivity (Wildman–Crippen MR) is 77.9 cm³/mol. The lowest BCUT2D eigenvalue weighted by Crippen LogP contribution is -2.36. The number of hydrogen-bond acceptors (Lipinski definition) is 2. The summed E-state index contributed by atoms with van der Waals surface area (Å²) < 4.78 is 2.13. The van der Waals surface area contributed by atoms with Crippen molar-refractivity contribution >= 4 is 0 Å². The second-order valence-electron chi connectivity index (χ2n) is 6.04. The van der Waals surface area contributed by atoms with Gasteiger partial charge in [0.25, 0.3) is 0 Å². The Morgan fingerprint density at radius 2 is 1.94 bits per heavy atom. The van der Waals surface area contributed by atoms with Gasteiger partial charge in [-0.1, -0.05) is 13.8 Å². The summed E-state index contributed by atoms with van der Waals surface area (Å²) in [5.74, 6) is 0. The van der Waals surface area contributed by atoms with Gasteiger partial charge in [0.05, 0.1) is 11.7 Å². The average Bonchev–Trinajstić information content (AvgIpc) is 2.74. The molecule has 0 aliphatic rings. The molecule has 0 saturated carbocycles. The minimum atomic E-state index is 0.217. The fourth-order valence-electron chi connectivity index (χ4n) is 2.11. The van der Waals surface area contributed by atoms with E-state index in [9.17, 15) is 0 Å².